The molecule has 0 bridgehead atoms. The van der Waals surface area contributed by atoms with Crippen molar-refractivity contribution in [1.29, 1.82) is 0 Å². The summed E-state index contributed by atoms with van der Waals surface area (Å²) in [6.07, 6.45) is 2.67. The third kappa shape index (κ3) is 7.45. The second-order valence-electron chi connectivity index (χ2n) is 8.58. The Morgan fingerprint density at radius 3 is 1.97 bits per heavy atom. The van der Waals surface area contributed by atoms with Gasteiger partial charge < -0.3 is 24.7 Å². The van der Waals surface area contributed by atoms with Gasteiger partial charge in [0.1, 0.15) is 5.75 Å². The van der Waals surface area contributed by atoms with Gasteiger partial charge in [0.05, 0.1) is 19.2 Å². The van der Waals surface area contributed by atoms with Crippen LogP contribution < -0.4 is 9.64 Å². The standard InChI is InChI=1S/C24H31N3O2.C2H2O4/c1-29-23-10-6-5-9-22(23)26-17-15-25(16-18-26)21-11-13-27(14-12-21)24(28)19-20-7-3-2-4-8-20;3-1(4)2(5)6/h2-10,21H,11-19H2,1H3;(H,3,4)(H,5,6). The van der Waals surface area contributed by atoms with E-state index in [4.69, 9.17) is 24.5 Å². The topological polar surface area (TPSA) is 111 Å². The van der Waals surface area contributed by atoms with Crippen LogP contribution in [0.2, 0.25) is 0 Å². The van der Waals surface area contributed by atoms with E-state index in [0.29, 0.717) is 12.5 Å². The Morgan fingerprint density at radius 2 is 1.40 bits per heavy atom. The molecule has 188 valence electrons. The first kappa shape index (κ1) is 26.0. The molecule has 2 saturated heterocycles. The predicted octanol–water partition coefficient (Wildman–Crippen LogP) is 2.21. The number of anilines is 1. The summed E-state index contributed by atoms with van der Waals surface area (Å²) in [6, 6.07) is 18.9. The number of carbonyl (C=O) groups is 3. The zero-order chi connectivity index (χ0) is 25.2. The fourth-order valence-corrected chi connectivity index (χ4v) is 4.58. The third-order valence-corrected chi connectivity index (χ3v) is 6.45. The highest BCUT2D eigenvalue weighted by molar-refractivity contribution is 6.27. The molecule has 0 unspecified atom stereocenters. The van der Waals surface area contributed by atoms with Crippen LogP contribution in [0, 0.1) is 0 Å². The van der Waals surface area contributed by atoms with E-state index in [1.807, 2.05) is 42.5 Å². The van der Waals surface area contributed by atoms with Gasteiger partial charge in [-0.05, 0) is 30.5 Å². The van der Waals surface area contributed by atoms with Crippen LogP contribution in [-0.2, 0) is 20.8 Å². The molecule has 9 heteroatoms. The first-order valence-corrected chi connectivity index (χ1v) is 11.8. The van der Waals surface area contributed by atoms with Gasteiger partial charge in [-0.1, -0.05) is 42.5 Å². The van der Waals surface area contributed by atoms with E-state index >= 15 is 0 Å². The summed E-state index contributed by atoms with van der Waals surface area (Å²) < 4.78 is 5.53. The van der Waals surface area contributed by atoms with Gasteiger partial charge in [0.25, 0.3) is 0 Å². The minimum Gasteiger partial charge on any atom is -0.495 e. The highest BCUT2D eigenvalue weighted by Gasteiger charge is 2.29. The molecule has 2 N–H and O–H groups in total. The van der Waals surface area contributed by atoms with Crippen molar-refractivity contribution >= 4 is 23.5 Å². The van der Waals surface area contributed by atoms with Gasteiger partial charge in [-0.25, -0.2) is 9.59 Å². The van der Waals surface area contributed by atoms with Crippen LogP contribution in [0.25, 0.3) is 0 Å². The molecular formula is C26H33N3O6. The molecule has 0 aromatic heterocycles. The number of ether oxygens (including phenoxy) is 1. The molecule has 2 aliphatic heterocycles. The number of rotatable bonds is 5. The number of carbonyl (C=O) groups excluding carboxylic acids is 1. The second-order valence-corrected chi connectivity index (χ2v) is 8.58. The lowest BCUT2D eigenvalue weighted by Crippen LogP contribution is -2.54. The lowest BCUT2D eigenvalue weighted by atomic mass is 10.0. The average Bonchev–Trinajstić information content (AvgIpc) is 2.90. The van der Waals surface area contributed by atoms with Crippen LogP contribution in [0.5, 0.6) is 5.75 Å². The van der Waals surface area contributed by atoms with Gasteiger partial charge in [-0.3, -0.25) is 9.69 Å². The summed E-state index contributed by atoms with van der Waals surface area (Å²) in [5.41, 5.74) is 2.29. The highest BCUT2D eigenvalue weighted by Crippen LogP contribution is 2.29. The number of piperidine rings is 1. The number of nitrogens with zero attached hydrogens (tertiary/aromatic N) is 3. The van der Waals surface area contributed by atoms with Gasteiger partial charge in [0, 0.05) is 45.3 Å². The molecule has 0 aliphatic carbocycles. The van der Waals surface area contributed by atoms with Crippen LogP contribution >= 0.6 is 0 Å². The quantitative estimate of drug-likeness (QED) is 0.623. The Hall–Kier alpha value is -3.59. The highest BCUT2D eigenvalue weighted by atomic mass is 16.5. The lowest BCUT2D eigenvalue weighted by molar-refractivity contribution is -0.159. The minimum atomic E-state index is -1.82. The summed E-state index contributed by atoms with van der Waals surface area (Å²) in [4.78, 5) is 37.9. The molecule has 35 heavy (non-hydrogen) atoms. The fourth-order valence-electron chi connectivity index (χ4n) is 4.58. The fraction of sp³-hybridized carbons (Fsp3) is 0.423. The maximum absolute atomic E-state index is 12.6. The molecule has 2 heterocycles. The predicted molar refractivity (Wildman–Crippen MR) is 132 cm³/mol. The van der Waals surface area contributed by atoms with Crippen molar-refractivity contribution in [3.05, 3.63) is 60.2 Å². The Labute approximate surface area is 205 Å². The zero-order valence-corrected chi connectivity index (χ0v) is 20.0. The Morgan fingerprint density at radius 1 is 0.829 bits per heavy atom. The van der Waals surface area contributed by atoms with Crippen molar-refractivity contribution in [3.8, 4) is 5.75 Å². The molecule has 0 spiro atoms. The first-order chi connectivity index (χ1) is 16.9. The Bertz CT molecular complexity index is 972. The molecule has 4 rings (SSSR count). The summed E-state index contributed by atoms with van der Waals surface area (Å²) >= 11 is 0. The van der Waals surface area contributed by atoms with Gasteiger partial charge in [-0.2, -0.15) is 0 Å². The van der Waals surface area contributed by atoms with Crippen molar-refractivity contribution in [2.75, 3.05) is 51.3 Å². The summed E-state index contributed by atoms with van der Waals surface area (Å²) in [7, 11) is 1.74. The van der Waals surface area contributed by atoms with Gasteiger partial charge in [0.15, 0.2) is 0 Å². The van der Waals surface area contributed by atoms with E-state index in [-0.39, 0.29) is 5.91 Å². The van der Waals surface area contributed by atoms with E-state index < -0.39 is 11.9 Å². The summed E-state index contributed by atoms with van der Waals surface area (Å²) in [6.45, 7) is 5.94. The van der Waals surface area contributed by atoms with Crippen LogP contribution in [0.15, 0.2) is 54.6 Å². The molecule has 2 aromatic rings. The number of methoxy groups -OCH3 is 1. The number of piperazine rings is 1. The van der Waals surface area contributed by atoms with E-state index in [1.54, 1.807) is 7.11 Å². The smallest absolute Gasteiger partial charge is 0.414 e. The maximum atomic E-state index is 12.6. The number of hydrogen-bond donors (Lipinski definition) is 2. The summed E-state index contributed by atoms with van der Waals surface area (Å²) in [5.74, 6) is -2.44. The van der Waals surface area contributed by atoms with E-state index in [2.05, 4.69) is 26.8 Å². The molecule has 1 amide bonds. The molecule has 0 atom stereocenters. The molecule has 0 radical (unpaired) electrons. The minimum absolute atomic E-state index is 0.260. The van der Waals surface area contributed by atoms with Crippen LogP contribution in [-0.4, -0.2) is 90.3 Å². The largest absolute Gasteiger partial charge is 0.495 e. The molecular weight excluding hydrogens is 450 g/mol. The number of carboxylic acid groups (broad SMARTS) is 2. The van der Waals surface area contributed by atoms with E-state index in [0.717, 1.165) is 63.4 Å². The average molecular weight is 484 g/mol. The number of para-hydroxylation sites is 2. The summed E-state index contributed by atoms with van der Waals surface area (Å²) in [5, 5.41) is 14.8. The second kappa shape index (κ2) is 12.8. The van der Waals surface area contributed by atoms with E-state index in [1.165, 1.54) is 5.69 Å². The van der Waals surface area contributed by atoms with Gasteiger partial charge in [0.2, 0.25) is 5.91 Å². The van der Waals surface area contributed by atoms with Crippen molar-refractivity contribution in [1.82, 2.24) is 9.80 Å². The van der Waals surface area contributed by atoms with Gasteiger partial charge >= 0.3 is 11.9 Å². The Kier molecular flexibility index (Phi) is 9.48. The normalized spacial score (nSPS) is 16.7. The van der Waals surface area contributed by atoms with Crippen molar-refractivity contribution in [2.45, 2.75) is 25.3 Å². The number of aliphatic carboxylic acids is 2. The Balaban J connectivity index is 0.000000509. The van der Waals surface area contributed by atoms with Crippen molar-refractivity contribution < 1.29 is 29.3 Å². The lowest BCUT2D eigenvalue weighted by Gasteiger charge is -2.43. The zero-order valence-electron chi connectivity index (χ0n) is 20.0. The van der Waals surface area contributed by atoms with Crippen molar-refractivity contribution in [3.63, 3.8) is 0 Å². The third-order valence-electron chi connectivity index (χ3n) is 6.45. The van der Waals surface area contributed by atoms with Crippen LogP contribution in [0.3, 0.4) is 0 Å². The molecule has 2 aliphatic rings. The molecule has 2 fully saturated rings. The van der Waals surface area contributed by atoms with Crippen LogP contribution in [0.4, 0.5) is 5.69 Å². The molecule has 9 nitrogen and oxygen atoms in total. The first-order valence-electron chi connectivity index (χ1n) is 11.8. The number of likely N-dealkylation sites (tertiary alicyclic amines) is 1. The van der Waals surface area contributed by atoms with Gasteiger partial charge in [-0.15, -0.1) is 0 Å². The van der Waals surface area contributed by atoms with Crippen molar-refractivity contribution in [2.24, 2.45) is 0 Å². The number of carboxylic acids is 2. The number of benzene rings is 2. The number of hydrogen-bond acceptors (Lipinski definition) is 6. The SMILES string of the molecule is COc1ccccc1N1CCN(C2CCN(C(=O)Cc3ccccc3)CC2)CC1.O=C(O)C(=O)O. The monoisotopic (exact) mass is 483 g/mol. The molecule has 2 aromatic carbocycles. The van der Waals surface area contributed by atoms with E-state index in [9.17, 15) is 4.79 Å². The van der Waals surface area contributed by atoms with Crippen LogP contribution in [0.1, 0.15) is 18.4 Å². The number of amides is 1. The molecule has 0 saturated carbocycles. The maximum Gasteiger partial charge on any atom is 0.414 e.